The molecule has 0 saturated heterocycles. The van der Waals surface area contributed by atoms with Crippen LogP contribution in [0.15, 0.2) is 18.2 Å². The highest BCUT2D eigenvalue weighted by atomic mass is 19.1. The maximum Gasteiger partial charge on any atom is 0.168 e. The van der Waals surface area contributed by atoms with Crippen LogP contribution in [0.3, 0.4) is 0 Å². The molecule has 0 aliphatic heterocycles. The normalized spacial score (nSPS) is 10.4. The highest BCUT2D eigenvalue weighted by Crippen LogP contribution is 2.20. The van der Waals surface area contributed by atoms with Gasteiger partial charge in [-0.3, -0.25) is 0 Å². The molecule has 0 aliphatic carbocycles. The van der Waals surface area contributed by atoms with Crippen molar-refractivity contribution in [2.24, 2.45) is 0 Å². The first-order chi connectivity index (χ1) is 7.79. The first kappa shape index (κ1) is 13.0. The lowest BCUT2D eigenvalue weighted by Gasteiger charge is -2.07. The molecular weight excluding hydrogens is 205 g/mol. The Morgan fingerprint density at radius 2 is 2.12 bits per heavy atom. The molecule has 0 atom stereocenters. The van der Waals surface area contributed by atoms with Crippen molar-refractivity contribution in [3.05, 3.63) is 29.6 Å². The molecule has 2 nitrogen and oxygen atoms in total. The van der Waals surface area contributed by atoms with E-state index in [0.29, 0.717) is 5.75 Å². The zero-order valence-corrected chi connectivity index (χ0v) is 10.1. The van der Waals surface area contributed by atoms with Crippen molar-refractivity contribution in [2.75, 3.05) is 20.2 Å². The summed E-state index contributed by atoms with van der Waals surface area (Å²) in [6.07, 6.45) is 2.83. The number of ether oxygens (including phenoxy) is 1. The van der Waals surface area contributed by atoms with Crippen LogP contribution >= 0.6 is 0 Å². The summed E-state index contributed by atoms with van der Waals surface area (Å²) in [4.78, 5) is 0. The fraction of sp³-hybridized carbons (Fsp3) is 0.538. The van der Waals surface area contributed by atoms with E-state index in [9.17, 15) is 4.39 Å². The topological polar surface area (TPSA) is 21.3 Å². The monoisotopic (exact) mass is 225 g/mol. The quantitative estimate of drug-likeness (QED) is 0.720. The lowest BCUT2D eigenvalue weighted by molar-refractivity contribution is 0.384. The maximum atomic E-state index is 13.7. The number of nitrogens with one attached hydrogen (secondary N) is 1. The summed E-state index contributed by atoms with van der Waals surface area (Å²) < 4.78 is 18.6. The number of rotatable bonds is 7. The van der Waals surface area contributed by atoms with E-state index in [0.717, 1.165) is 37.9 Å². The van der Waals surface area contributed by atoms with Gasteiger partial charge in [0.1, 0.15) is 0 Å². The van der Waals surface area contributed by atoms with Crippen molar-refractivity contribution in [1.29, 1.82) is 0 Å². The van der Waals surface area contributed by atoms with Gasteiger partial charge in [-0.05, 0) is 44.0 Å². The van der Waals surface area contributed by atoms with Crippen LogP contribution in [-0.2, 0) is 6.42 Å². The number of hydrogen-bond acceptors (Lipinski definition) is 2. The minimum atomic E-state index is -0.222. The van der Waals surface area contributed by atoms with E-state index in [-0.39, 0.29) is 5.82 Å². The van der Waals surface area contributed by atoms with Gasteiger partial charge in [0.25, 0.3) is 0 Å². The summed E-state index contributed by atoms with van der Waals surface area (Å²) in [7, 11) is 1.49. The molecule has 0 fully saturated rings. The largest absolute Gasteiger partial charge is 0.494 e. The van der Waals surface area contributed by atoms with Gasteiger partial charge in [0.05, 0.1) is 7.11 Å². The van der Waals surface area contributed by atoms with Crippen LogP contribution in [0.1, 0.15) is 25.3 Å². The molecule has 16 heavy (non-hydrogen) atoms. The van der Waals surface area contributed by atoms with E-state index in [2.05, 4.69) is 12.2 Å². The number of hydrogen-bond donors (Lipinski definition) is 1. The van der Waals surface area contributed by atoms with Gasteiger partial charge in [0, 0.05) is 0 Å². The predicted molar refractivity (Wildman–Crippen MR) is 64.4 cm³/mol. The Hall–Kier alpha value is -1.09. The van der Waals surface area contributed by atoms with E-state index in [1.807, 2.05) is 12.1 Å². The van der Waals surface area contributed by atoms with E-state index in [4.69, 9.17) is 4.74 Å². The molecule has 1 aromatic rings. The molecule has 0 unspecified atom stereocenters. The minimum absolute atomic E-state index is 0.222. The van der Waals surface area contributed by atoms with E-state index < -0.39 is 0 Å². The Balaban J connectivity index is 2.41. The lowest BCUT2D eigenvalue weighted by atomic mass is 10.1. The Bertz CT molecular complexity index is 315. The third-order valence-electron chi connectivity index (χ3n) is 2.49. The lowest BCUT2D eigenvalue weighted by Crippen LogP contribution is -2.16. The Labute approximate surface area is 96.8 Å². The van der Waals surface area contributed by atoms with Crippen molar-refractivity contribution in [3.8, 4) is 5.75 Å². The van der Waals surface area contributed by atoms with Crippen molar-refractivity contribution in [3.63, 3.8) is 0 Å². The minimum Gasteiger partial charge on any atom is -0.494 e. The average molecular weight is 225 g/mol. The summed E-state index contributed by atoms with van der Waals surface area (Å²) in [6.45, 7) is 4.10. The Kier molecular flexibility index (Phi) is 5.86. The molecular formula is C13H20FNO. The van der Waals surface area contributed by atoms with Gasteiger partial charge in [-0.2, -0.15) is 0 Å². The number of methoxy groups -OCH3 is 1. The summed E-state index contributed by atoms with van der Waals surface area (Å²) in [5.41, 5.74) is 0.734. The van der Waals surface area contributed by atoms with Crippen LogP contribution in [0.4, 0.5) is 4.39 Å². The molecule has 0 saturated carbocycles. The number of halogens is 1. The molecule has 1 N–H and O–H groups in total. The SMILES string of the molecule is CCCNCCCc1cccc(OC)c1F. The van der Waals surface area contributed by atoms with Crippen molar-refractivity contribution >= 4 is 0 Å². The van der Waals surface area contributed by atoms with Gasteiger partial charge in [0.15, 0.2) is 11.6 Å². The molecule has 0 radical (unpaired) electrons. The van der Waals surface area contributed by atoms with Gasteiger partial charge in [-0.15, -0.1) is 0 Å². The second-order valence-corrected chi connectivity index (χ2v) is 3.79. The number of aryl methyl sites for hydroxylation is 1. The molecule has 3 heteroatoms. The van der Waals surface area contributed by atoms with Crippen LogP contribution in [0, 0.1) is 5.82 Å². The van der Waals surface area contributed by atoms with Crippen molar-refractivity contribution < 1.29 is 9.13 Å². The molecule has 0 spiro atoms. The van der Waals surface area contributed by atoms with Crippen LogP contribution < -0.4 is 10.1 Å². The van der Waals surface area contributed by atoms with Crippen molar-refractivity contribution in [2.45, 2.75) is 26.2 Å². The van der Waals surface area contributed by atoms with Crippen molar-refractivity contribution in [1.82, 2.24) is 5.32 Å². The highest BCUT2D eigenvalue weighted by Gasteiger charge is 2.07. The van der Waals surface area contributed by atoms with Gasteiger partial charge in [-0.25, -0.2) is 4.39 Å². The Morgan fingerprint density at radius 3 is 2.81 bits per heavy atom. The molecule has 1 aromatic carbocycles. The van der Waals surface area contributed by atoms with E-state index in [1.54, 1.807) is 6.07 Å². The summed E-state index contributed by atoms with van der Waals surface area (Å²) in [5.74, 6) is 0.111. The van der Waals surface area contributed by atoms with Gasteiger partial charge >= 0.3 is 0 Å². The Morgan fingerprint density at radius 1 is 1.31 bits per heavy atom. The summed E-state index contributed by atoms with van der Waals surface area (Å²) >= 11 is 0. The molecule has 0 heterocycles. The third kappa shape index (κ3) is 3.81. The fourth-order valence-corrected chi connectivity index (χ4v) is 1.61. The van der Waals surface area contributed by atoms with Crippen LogP contribution in [0.2, 0.25) is 0 Å². The standard InChI is InChI=1S/C13H20FNO/c1-3-9-15-10-5-7-11-6-4-8-12(16-2)13(11)14/h4,6,8,15H,3,5,7,9-10H2,1-2H3. The van der Waals surface area contributed by atoms with Gasteiger partial charge in [-0.1, -0.05) is 19.1 Å². The first-order valence-electron chi connectivity index (χ1n) is 5.81. The third-order valence-corrected chi connectivity index (χ3v) is 2.49. The molecule has 90 valence electrons. The second kappa shape index (κ2) is 7.23. The van der Waals surface area contributed by atoms with E-state index in [1.165, 1.54) is 7.11 Å². The summed E-state index contributed by atoms with van der Waals surface area (Å²) in [5, 5.41) is 3.30. The van der Waals surface area contributed by atoms with Gasteiger partial charge < -0.3 is 10.1 Å². The van der Waals surface area contributed by atoms with E-state index >= 15 is 0 Å². The van der Waals surface area contributed by atoms with Gasteiger partial charge in [0.2, 0.25) is 0 Å². The average Bonchev–Trinajstić information content (AvgIpc) is 2.31. The fourth-order valence-electron chi connectivity index (χ4n) is 1.61. The molecule has 0 amide bonds. The molecule has 1 rings (SSSR count). The smallest absolute Gasteiger partial charge is 0.168 e. The first-order valence-corrected chi connectivity index (χ1v) is 5.81. The molecule has 0 aliphatic rings. The summed E-state index contributed by atoms with van der Waals surface area (Å²) in [6, 6.07) is 5.29. The zero-order chi connectivity index (χ0) is 11.8. The molecule has 0 bridgehead atoms. The molecule has 0 aromatic heterocycles. The second-order valence-electron chi connectivity index (χ2n) is 3.79. The van der Waals surface area contributed by atoms with Crippen LogP contribution in [0.5, 0.6) is 5.75 Å². The zero-order valence-electron chi connectivity index (χ0n) is 10.1. The van der Waals surface area contributed by atoms with Crippen LogP contribution in [-0.4, -0.2) is 20.2 Å². The highest BCUT2D eigenvalue weighted by molar-refractivity contribution is 5.31. The van der Waals surface area contributed by atoms with Crippen LogP contribution in [0.25, 0.3) is 0 Å². The predicted octanol–water partition coefficient (Wildman–Crippen LogP) is 2.77. The maximum absolute atomic E-state index is 13.7. The number of benzene rings is 1.